The molecule has 21 heavy (non-hydrogen) atoms. The van der Waals surface area contributed by atoms with Crippen LogP contribution in [0.15, 0.2) is 30.7 Å². The van der Waals surface area contributed by atoms with Gasteiger partial charge in [-0.05, 0) is 19.1 Å². The van der Waals surface area contributed by atoms with E-state index in [0.29, 0.717) is 11.3 Å². The van der Waals surface area contributed by atoms with Gasteiger partial charge in [-0.25, -0.2) is 9.78 Å². The van der Waals surface area contributed by atoms with Crippen molar-refractivity contribution >= 4 is 23.3 Å². The number of aryl methyl sites for hydroxylation is 1. The van der Waals surface area contributed by atoms with Gasteiger partial charge in [0.2, 0.25) is 0 Å². The maximum atomic E-state index is 11.8. The topological polar surface area (TPSA) is 92.1 Å². The summed E-state index contributed by atoms with van der Waals surface area (Å²) in [7, 11) is 1.76. The fraction of sp³-hybridized carbons (Fsp3) is 0.308. The van der Waals surface area contributed by atoms with Crippen LogP contribution >= 0.6 is 11.6 Å². The monoisotopic (exact) mass is 309 g/mol. The molecule has 3 N–H and O–H groups in total. The number of amides is 2. The van der Waals surface area contributed by atoms with Crippen LogP contribution < -0.4 is 10.6 Å². The molecule has 0 radical (unpaired) electrons. The molecular formula is C13H16ClN5O2. The van der Waals surface area contributed by atoms with Crippen molar-refractivity contribution in [3.63, 3.8) is 0 Å². The summed E-state index contributed by atoms with van der Waals surface area (Å²) < 4.78 is 1.59. The molecule has 0 aliphatic rings. The summed E-state index contributed by atoms with van der Waals surface area (Å²) in [6, 6.07) is 2.70. The lowest BCUT2D eigenvalue weighted by molar-refractivity contribution is 0.0599. The molecule has 0 saturated heterocycles. The van der Waals surface area contributed by atoms with E-state index in [-0.39, 0.29) is 11.7 Å². The van der Waals surface area contributed by atoms with Gasteiger partial charge in [-0.3, -0.25) is 4.68 Å². The molecule has 2 rings (SSSR count). The molecule has 2 heterocycles. The quantitative estimate of drug-likeness (QED) is 0.746. The number of nitrogens with one attached hydrogen (secondary N) is 2. The van der Waals surface area contributed by atoms with Crippen LogP contribution in [0.1, 0.15) is 12.5 Å². The van der Waals surface area contributed by atoms with Gasteiger partial charge in [0.05, 0.1) is 12.7 Å². The van der Waals surface area contributed by atoms with Crippen LogP contribution in [0.25, 0.3) is 0 Å². The molecule has 112 valence electrons. The van der Waals surface area contributed by atoms with E-state index in [0.717, 1.165) is 0 Å². The summed E-state index contributed by atoms with van der Waals surface area (Å²) in [4.78, 5) is 15.6. The van der Waals surface area contributed by atoms with Crippen LogP contribution in [0.3, 0.4) is 0 Å². The summed E-state index contributed by atoms with van der Waals surface area (Å²) in [6.07, 6.45) is 4.74. The fourth-order valence-electron chi connectivity index (χ4n) is 1.71. The number of hydrogen-bond acceptors (Lipinski definition) is 4. The third-order valence-corrected chi connectivity index (χ3v) is 3.11. The Morgan fingerprint density at radius 2 is 2.33 bits per heavy atom. The Kier molecular flexibility index (Phi) is 4.44. The van der Waals surface area contributed by atoms with Crippen molar-refractivity contribution in [1.29, 1.82) is 0 Å². The Morgan fingerprint density at radius 3 is 2.95 bits per heavy atom. The van der Waals surface area contributed by atoms with Crippen molar-refractivity contribution in [3.8, 4) is 0 Å². The molecule has 2 aromatic rings. The number of aromatic nitrogens is 3. The number of nitrogens with zero attached hydrogens (tertiary/aromatic N) is 3. The number of hydrogen-bond donors (Lipinski definition) is 3. The van der Waals surface area contributed by atoms with Crippen LogP contribution in [0.4, 0.5) is 10.5 Å². The number of carbonyl (C=O) groups excluding carboxylic acids is 1. The lowest BCUT2D eigenvalue weighted by Crippen LogP contribution is -2.40. The van der Waals surface area contributed by atoms with Gasteiger partial charge in [0.25, 0.3) is 0 Å². The van der Waals surface area contributed by atoms with Crippen molar-refractivity contribution in [1.82, 2.24) is 20.1 Å². The van der Waals surface area contributed by atoms with E-state index < -0.39 is 11.6 Å². The minimum absolute atomic E-state index is 0.0450. The second-order valence-corrected chi connectivity index (χ2v) is 5.24. The number of carbonyl (C=O) groups is 1. The van der Waals surface area contributed by atoms with Gasteiger partial charge in [0, 0.05) is 30.7 Å². The second kappa shape index (κ2) is 6.11. The summed E-state index contributed by atoms with van der Waals surface area (Å²) in [5, 5.41) is 19.8. The Bertz CT molecular complexity index is 641. The van der Waals surface area contributed by atoms with Crippen molar-refractivity contribution in [3.05, 3.63) is 41.4 Å². The van der Waals surface area contributed by atoms with Gasteiger partial charge in [0.1, 0.15) is 10.8 Å². The third kappa shape index (κ3) is 4.17. The maximum absolute atomic E-state index is 11.8. The average molecular weight is 310 g/mol. The Morgan fingerprint density at radius 1 is 1.57 bits per heavy atom. The highest BCUT2D eigenvalue weighted by molar-refractivity contribution is 6.29. The highest BCUT2D eigenvalue weighted by Crippen LogP contribution is 2.18. The molecule has 1 unspecified atom stereocenters. The van der Waals surface area contributed by atoms with Gasteiger partial charge < -0.3 is 15.7 Å². The summed E-state index contributed by atoms with van der Waals surface area (Å²) in [5.41, 5.74) is -0.0626. The minimum atomic E-state index is -1.21. The standard InChI is InChI=1S/C13H16ClN5O2/c1-13(21,9-6-17-19(2)7-9)8-16-12(20)18-10-3-4-15-11(14)5-10/h3-7,21H,8H2,1-2H3,(H2,15,16,18,20). The van der Waals surface area contributed by atoms with E-state index in [1.165, 1.54) is 12.3 Å². The molecule has 1 atom stereocenters. The van der Waals surface area contributed by atoms with Crippen LogP contribution in [0.5, 0.6) is 0 Å². The molecule has 0 bridgehead atoms. The molecule has 0 spiro atoms. The van der Waals surface area contributed by atoms with Crippen LogP contribution in [0, 0.1) is 0 Å². The molecule has 0 aliphatic heterocycles. The van der Waals surface area contributed by atoms with E-state index in [4.69, 9.17) is 11.6 Å². The molecule has 0 aliphatic carbocycles. The van der Waals surface area contributed by atoms with Gasteiger partial charge in [-0.1, -0.05) is 11.6 Å². The van der Waals surface area contributed by atoms with Crippen LogP contribution in [-0.4, -0.2) is 32.4 Å². The Hall–Kier alpha value is -2.12. The largest absolute Gasteiger partial charge is 0.383 e. The van der Waals surface area contributed by atoms with Gasteiger partial charge in [0.15, 0.2) is 0 Å². The Balaban J connectivity index is 1.91. The molecular weight excluding hydrogens is 294 g/mol. The number of halogens is 1. The zero-order chi connectivity index (χ0) is 15.5. The summed E-state index contributed by atoms with van der Waals surface area (Å²) in [6.45, 7) is 1.65. The van der Waals surface area contributed by atoms with Crippen molar-refractivity contribution in [2.24, 2.45) is 7.05 Å². The van der Waals surface area contributed by atoms with E-state index in [2.05, 4.69) is 20.7 Å². The third-order valence-electron chi connectivity index (χ3n) is 2.90. The van der Waals surface area contributed by atoms with E-state index >= 15 is 0 Å². The van der Waals surface area contributed by atoms with Crippen molar-refractivity contribution in [2.45, 2.75) is 12.5 Å². The first-order valence-corrected chi connectivity index (χ1v) is 6.62. The molecule has 0 aromatic carbocycles. The smallest absolute Gasteiger partial charge is 0.319 e. The van der Waals surface area contributed by atoms with Crippen LogP contribution in [-0.2, 0) is 12.6 Å². The molecule has 0 fully saturated rings. The number of aliphatic hydroxyl groups is 1. The molecule has 8 heteroatoms. The zero-order valence-electron chi connectivity index (χ0n) is 11.7. The first-order chi connectivity index (χ1) is 9.87. The number of rotatable bonds is 4. The lowest BCUT2D eigenvalue weighted by atomic mass is 10.00. The molecule has 2 aromatic heterocycles. The van der Waals surface area contributed by atoms with Crippen LogP contribution in [0.2, 0.25) is 5.15 Å². The first kappa shape index (κ1) is 15.3. The van der Waals surface area contributed by atoms with Gasteiger partial charge in [-0.15, -0.1) is 0 Å². The van der Waals surface area contributed by atoms with E-state index in [9.17, 15) is 9.90 Å². The van der Waals surface area contributed by atoms with Crippen molar-refractivity contribution in [2.75, 3.05) is 11.9 Å². The number of urea groups is 1. The normalized spacial score (nSPS) is 13.5. The second-order valence-electron chi connectivity index (χ2n) is 4.85. The van der Waals surface area contributed by atoms with E-state index in [1.807, 2.05) is 0 Å². The fourth-order valence-corrected chi connectivity index (χ4v) is 1.88. The maximum Gasteiger partial charge on any atom is 0.319 e. The highest BCUT2D eigenvalue weighted by Gasteiger charge is 2.25. The average Bonchev–Trinajstić information content (AvgIpc) is 2.84. The highest BCUT2D eigenvalue weighted by atomic mass is 35.5. The van der Waals surface area contributed by atoms with E-state index in [1.54, 1.807) is 37.1 Å². The molecule has 7 nitrogen and oxygen atoms in total. The predicted molar refractivity (Wildman–Crippen MR) is 79.0 cm³/mol. The summed E-state index contributed by atoms with van der Waals surface area (Å²) in [5.74, 6) is 0. The lowest BCUT2D eigenvalue weighted by Gasteiger charge is -2.22. The molecule has 2 amide bonds. The van der Waals surface area contributed by atoms with Gasteiger partial charge in [-0.2, -0.15) is 5.10 Å². The molecule has 0 saturated carbocycles. The number of pyridine rings is 1. The minimum Gasteiger partial charge on any atom is -0.383 e. The summed E-state index contributed by atoms with van der Waals surface area (Å²) >= 11 is 5.73. The first-order valence-electron chi connectivity index (χ1n) is 6.25. The Labute approximate surface area is 126 Å². The SMILES string of the molecule is Cn1cc(C(C)(O)CNC(=O)Nc2ccnc(Cl)c2)cn1. The van der Waals surface area contributed by atoms with Gasteiger partial charge >= 0.3 is 6.03 Å². The zero-order valence-corrected chi connectivity index (χ0v) is 12.4. The predicted octanol–water partition coefficient (Wildman–Crippen LogP) is 1.50. The number of anilines is 1. The van der Waals surface area contributed by atoms with Crippen molar-refractivity contribution < 1.29 is 9.90 Å².